The van der Waals surface area contributed by atoms with Crippen molar-refractivity contribution in [1.29, 1.82) is 0 Å². The second-order valence-electron chi connectivity index (χ2n) is 22.3. The molecule has 0 aliphatic carbocycles. The van der Waals surface area contributed by atoms with Crippen molar-refractivity contribution in [2.45, 2.75) is 415 Å². The van der Waals surface area contributed by atoms with Gasteiger partial charge in [-0.25, -0.2) is 0 Å². The second kappa shape index (κ2) is 126. The van der Waals surface area contributed by atoms with E-state index in [1.54, 1.807) is 0 Å². The van der Waals surface area contributed by atoms with Crippen molar-refractivity contribution in [3.05, 3.63) is 94.8 Å². The molecule has 0 bridgehead atoms. The molecule has 1 aliphatic rings. The molecule has 1 aliphatic heterocycles. The minimum Gasteiger partial charge on any atom is -0.301 e. The minimum absolute atomic E-state index is 0.610. The summed E-state index contributed by atoms with van der Waals surface area (Å²) < 4.78 is 0. The van der Waals surface area contributed by atoms with Crippen LogP contribution in [0.5, 0.6) is 0 Å². The number of unbranched alkanes of at least 4 members (excludes halogenated alkanes) is 26. The van der Waals surface area contributed by atoms with Crippen molar-refractivity contribution < 1.29 is 0 Å². The first-order valence-electron chi connectivity index (χ1n) is 36.5. The molecule has 0 amide bonds. The Kier molecular flexibility index (Phi) is 170. The molecule has 0 aromatic carbocycles. The Balaban J connectivity index is -0.0000000620. The summed E-state index contributed by atoms with van der Waals surface area (Å²) in [5.41, 5.74) is 5.45. The molecule has 0 N–H and O–H groups in total. The number of hydrogen-bond acceptors (Lipinski definition) is 1. The quantitative estimate of drug-likeness (QED) is 0.0257. The third kappa shape index (κ3) is 167. The van der Waals surface area contributed by atoms with E-state index < -0.39 is 0 Å². The zero-order valence-electron chi connectivity index (χ0n) is 63.8. The predicted molar refractivity (Wildman–Crippen MR) is 408 cm³/mol. The average molecular weight is 1180 g/mol. The van der Waals surface area contributed by atoms with E-state index in [0.717, 1.165) is 31.2 Å². The van der Waals surface area contributed by atoms with E-state index in [4.69, 9.17) is 0 Å². The summed E-state index contributed by atoms with van der Waals surface area (Å²) >= 11 is 0. The van der Waals surface area contributed by atoms with Gasteiger partial charge in [-0.2, -0.15) is 0 Å². The van der Waals surface area contributed by atoms with Crippen LogP contribution in [-0.2, 0) is 0 Å². The summed E-state index contributed by atoms with van der Waals surface area (Å²) in [7, 11) is 2.25. The maximum atomic E-state index is 4.02. The molecule has 3 atom stereocenters. The minimum atomic E-state index is 0.610. The van der Waals surface area contributed by atoms with Crippen LogP contribution in [0.4, 0.5) is 0 Å². The Morgan fingerprint density at radius 1 is 0.458 bits per heavy atom. The van der Waals surface area contributed by atoms with Gasteiger partial charge in [0.05, 0.1) is 0 Å². The third-order valence-corrected chi connectivity index (χ3v) is 13.1. The molecule has 508 valence electrons. The van der Waals surface area contributed by atoms with Crippen molar-refractivity contribution >= 4 is 0 Å². The smallest absolute Gasteiger partial charge is 0.0223 e. The van der Waals surface area contributed by atoms with E-state index in [1.165, 1.54) is 255 Å². The molecule has 0 spiro atoms. The van der Waals surface area contributed by atoms with Gasteiger partial charge < -0.3 is 4.90 Å². The van der Waals surface area contributed by atoms with Gasteiger partial charge in [-0.1, -0.05) is 381 Å². The molecule has 1 saturated heterocycles. The van der Waals surface area contributed by atoms with Crippen LogP contribution in [0.25, 0.3) is 0 Å². The Hall–Kier alpha value is -2.08. The number of hydrogen-bond donors (Lipinski definition) is 0. The number of nitrogens with zero attached hydrogens (tertiary/aromatic N) is 1. The zero-order chi connectivity index (χ0) is 67.5. The largest absolute Gasteiger partial charge is 0.301 e. The average Bonchev–Trinajstić information content (AvgIpc) is 4.21. The van der Waals surface area contributed by atoms with Crippen molar-refractivity contribution in [3.63, 3.8) is 0 Å². The topological polar surface area (TPSA) is 3.01 Å². The standard InChI is InChI=1S/C17H35N.C13H26.C10H22.C9H20.C8H18.3C4H8.C3H4.3C2H6.2C2H4/c1-6-8-10-17(4,11-9-7-2)13-15(3)12-16-14-18(16)5;1-4-6-7-8-9-10-11-12-13(3)5-2;1-3-5-7-9-10-8-6-4-2;1-3-5-7-9-8-6-4-2;1-3-5-7-8-6-4-2;1-4(2)3;2*1-3-4-2;1-3-2;5*1-2/h15-16H,6-14H2,1-5H3;3-12H2,1-2H3;3-10H2,1-2H3;3-9H2,1-2H3;3-8H2,1-2H3;1H2,2-3H3;2*3H,1,4H2,2H3;1-2H2;3*1-2H3;2*1-2H2. The van der Waals surface area contributed by atoms with Gasteiger partial charge in [0, 0.05) is 12.6 Å². The van der Waals surface area contributed by atoms with Crippen molar-refractivity contribution in [3.8, 4) is 0 Å². The molecule has 1 heteroatoms. The highest BCUT2D eigenvalue weighted by atomic mass is 15.3. The fourth-order valence-corrected chi connectivity index (χ4v) is 8.06. The van der Waals surface area contributed by atoms with Crippen LogP contribution in [0.1, 0.15) is 409 Å². The fourth-order valence-electron chi connectivity index (χ4n) is 8.06. The predicted octanol–water partition coefficient (Wildman–Crippen LogP) is 31.9. The lowest BCUT2D eigenvalue weighted by Crippen LogP contribution is -2.21. The lowest BCUT2D eigenvalue weighted by atomic mass is 9.73. The van der Waals surface area contributed by atoms with Gasteiger partial charge in [-0.3, -0.25) is 0 Å². The SMILES string of the molecule is C=C.C=C.C=C(C)C.C=C(CC)CCCCCCCCC.C=C=C.C=CCC.C=CCC.CC.CC.CC.CCCCC(C)(CCCC)CC(C)CC1CN1C.CCCCCCCC.CCCCCCCCC.CCCCCCCCCC. The molecule has 83 heavy (non-hydrogen) atoms. The molecule has 0 aromatic rings. The molecule has 0 saturated carbocycles. The fraction of sp³-hybridized carbons (Fsp3) is 0.817. The van der Waals surface area contributed by atoms with Gasteiger partial charge in [-0.15, -0.1) is 51.8 Å². The highest BCUT2D eigenvalue weighted by molar-refractivity contribution is 4.91. The monoisotopic (exact) mass is 1170 g/mol. The summed E-state index contributed by atoms with van der Waals surface area (Å²) in [5.74, 6) is 0.902. The maximum absolute atomic E-state index is 4.02. The van der Waals surface area contributed by atoms with E-state index in [-0.39, 0.29) is 0 Å². The second-order valence-corrected chi connectivity index (χ2v) is 22.3. The molecule has 1 rings (SSSR count). The first-order chi connectivity index (χ1) is 40.0. The van der Waals surface area contributed by atoms with Gasteiger partial charge in [0.15, 0.2) is 0 Å². The van der Waals surface area contributed by atoms with Crippen LogP contribution >= 0.6 is 0 Å². The van der Waals surface area contributed by atoms with Gasteiger partial charge in [0.2, 0.25) is 0 Å². The van der Waals surface area contributed by atoms with Crippen LogP contribution in [0.15, 0.2) is 94.8 Å². The zero-order valence-corrected chi connectivity index (χ0v) is 63.8. The van der Waals surface area contributed by atoms with Crippen molar-refractivity contribution in [2.24, 2.45) is 11.3 Å². The number of rotatable bonds is 39. The first-order valence-corrected chi connectivity index (χ1v) is 36.5. The Morgan fingerprint density at radius 3 is 0.819 bits per heavy atom. The normalized spacial score (nSPS) is 11.7. The summed E-state index contributed by atoms with van der Waals surface area (Å²) in [6, 6.07) is 0.904. The van der Waals surface area contributed by atoms with E-state index in [2.05, 4.69) is 180 Å². The summed E-state index contributed by atoms with van der Waals surface area (Å²) in [6.07, 6.45) is 59.4. The van der Waals surface area contributed by atoms with Gasteiger partial charge in [0.1, 0.15) is 0 Å². The van der Waals surface area contributed by atoms with Crippen LogP contribution in [0.2, 0.25) is 0 Å². The van der Waals surface area contributed by atoms with Crippen molar-refractivity contribution in [2.75, 3.05) is 13.6 Å². The molecule has 1 heterocycles. The molecular weight excluding hydrogens is 999 g/mol. The lowest BCUT2D eigenvalue weighted by molar-refractivity contribution is 0.192. The molecular formula is C82H175N. The summed E-state index contributed by atoms with van der Waals surface area (Å²) in [6.45, 7) is 81.9. The highest BCUT2D eigenvalue weighted by Gasteiger charge is 2.33. The summed E-state index contributed by atoms with van der Waals surface area (Å²) in [5, 5.41) is 0. The first kappa shape index (κ1) is 112. The Bertz CT molecular complexity index is 984. The molecule has 1 fully saturated rings. The molecule has 1 nitrogen and oxygen atoms in total. The van der Waals surface area contributed by atoms with E-state index in [9.17, 15) is 0 Å². The third-order valence-electron chi connectivity index (χ3n) is 13.1. The lowest BCUT2D eigenvalue weighted by Gasteiger charge is -2.32. The van der Waals surface area contributed by atoms with E-state index >= 15 is 0 Å². The molecule has 0 radical (unpaired) electrons. The van der Waals surface area contributed by atoms with Crippen LogP contribution < -0.4 is 0 Å². The highest BCUT2D eigenvalue weighted by Crippen LogP contribution is 2.39. The van der Waals surface area contributed by atoms with Gasteiger partial charge in [0.25, 0.3) is 0 Å². The van der Waals surface area contributed by atoms with Gasteiger partial charge in [-0.05, 0) is 90.0 Å². The number of allylic oxidation sites excluding steroid dienone is 4. The van der Waals surface area contributed by atoms with Crippen LogP contribution in [-0.4, -0.2) is 24.5 Å². The van der Waals surface area contributed by atoms with E-state index in [1.807, 2.05) is 67.5 Å². The molecule has 3 unspecified atom stereocenters. The Morgan fingerprint density at radius 2 is 0.651 bits per heavy atom. The van der Waals surface area contributed by atoms with Crippen LogP contribution in [0, 0.1) is 11.3 Å². The van der Waals surface area contributed by atoms with Crippen molar-refractivity contribution in [1.82, 2.24) is 4.90 Å². The van der Waals surface area contributed by atoms with Gasteiger partial charge >= 0.3 is 0 Å². The Labute approximate surface area is 537 Å². The van der Waals surface area contributed by atoms with E-state index in [0.29, 0.717) is 5.41 Å². The maximum Gasteiger partial charge on any atom is 0.0223 e. The number of likely N-dealkylation sites (N-methyl/N-ethyl adjacent to an activating group) is 1. The van der Waals surface area contributed by atoms with Crippen LogP contribution in [0.3, 0.4) is 0 Å². The summed E-state index contributed by atoms with van der Waals surface area (Å²) in [4.78, 5) is 2.48. The molecule has 0 aromatic heterocycles.